The number of rotatable bonds is 5. The molecule has 0 N–H and O–H groups in total. The third-order valence-electron chi connectivity index (χ3n) is 2.07. The van der Waals surface area contributed by atoms with Crippen molar-refractivity contribution in [2.75, 3.05) is 27.4 Å². The topological polar surface area (TPSA) is 38.8 Å². The van der Waals surface area contributed by atoms with Gasteiger partial charge in [-0.2, -0.15) is 0 Å². The molecule has 0 aromatic rings. The van der Waals surface area contributed by atoms with Crippen LogP contribution in [0.3, 0.4) is 0 Å². The van der Waals surface area contributed by atoms with Gasteiger partial charge in [0.05, 0.1) is 13.7 Å². The fourth-order valence-electron chi connectivity index (χ4n) is 1.02. The molecule has 0 heterocycles. The van der Waals surface area contributed by atoms with Crippen LogP contribution in [-0.4, -0.2) is 44.4 Å². The van der Waals surface area contributed by atoms with Crippen molar-refractivity contribution >= 4 is 6.09 Å². The van der Waals surface area contributed by atoms with Crippen molar-refractivity contribution in [1.82, 2.24) is 4.90 Å². The van der Waals surface area contributed by atoms with Crippen molar-refractivity contribution in [3.63, 3.8) is 0 Å². The SMILES string of the molecule is CCC(C)N(CCOC)C(=O)OC. The Kier molecular flexibility index (Phi) is 6.32. The zero-order chi connectivity index (χ0) is 10.3. The van der Waals surface area contributed by atoms with Gasteiger partial charge in [0.25, 0.3) is 0 Å². The Morgan fingerprint density at radius 3 is 2.46 bits per heavy atom. The van der Waals surface area contributed by atoms with Crippen LogP contribution in [0.1, 0.15) is 20.3 Å². The first kappa shape index (κ1) is 12.2. The lowest BCUT2D eigenvalue weighted by molar-refractivity contribution is 0.0866. The highest BCUT2D eigenvalue weighted by atomic mass is 16.5. The zero-order valence-electron chi connectivity index (χ0n) is 8.87. The Bertz CT molecular complexity index is 150. The van der Waals surface area contributed by atoms with Crippen LogP contribution in [-0.2, 0) is 9.47 Å². The van der Waals surface area contributed by atoms with Crippen molar-refractivity contribution < 1.29 is 14.3 Å². The first-order chi connectivity index (χ1) is 6.17. The molecular formula is C9H19NO3. The quantitative estimate of drug-likeness (QED) is 0.658. The summed E-state index contributed by atoms with van der Waals surface area (Å²) in [6.45, 7) is 5.15. The molecule has 4 nitrogen and oxygen atoms in total. The standard InChI is InChI=1S/C9H19NO3/c1-5-8(2)10(6-7-12-3)9(11)13-4/h8H,5-7H2,1-4H3. The normalized spacial score (nSPS) is 12.3. The van der Waals surface area contributed by atoms with Crippen LogP contribution >= 0.6 is 0 Å². The van der Waals surface area contributed by atoms with Gasteiger partial charge in [0.2, 0.25) is 0 Å². The summed E-state index contributed by atoms with van der Waals surface area (Å²) in [4.78, 5) is 12.9. The molecule has 0 bridgehead atoms. The molecule has 0 aliphatic carbocycles. The highest BCUT2D eigenvalue weighted by Gasteiger charge is 2.18. The second kappa shape index (κ2) is 6.71. The van der Waals surface area contributed by atoms with Gasteiger partial charge in [-0.25, -0.2) is 4.79 Å². The van der Waals surface area contributed by atoms with Crippen LogP contribution in [0, 0.1) is 0 Å². The number of nitrogens with zero attached hydrogens (tertiary/aromatic N) is 1. The zero-order valence-corrected chi connectivity index (χ0v) is 8.87. The smallest absolute Gasteiger partial charge is 0.409 e. The Morgan fingerprint density at radius 2 is 2.08 bits per heavy atom. The summed E-state index contributed by atoms with van der Waals surface area (Å²) in [5, 5.41) is 0. The minimum atomic E-state index is -0.286. The van der Waals surface area contributed by atoms with Crippen molar-refractivity contribution in [3.05, 3.63) is 0 Å². The molecule has 0 saturated carbocycles. The molecule has 0 aromatic heterocycles. The first-order valence-electron chi connectivity index (χ1n) is 4.50. The largest absolute Gasteiger partial charge is 0.453 e. The molecule has 0 aromatic carbocycles. The maximum atomic E-state index is 11.3. The van der Waals surface area contributed by atoms with E-state index in [1.165, 1.54) is 7.11 Å². The first-order valence-corrected chi connectivity index (χ1v) is 4.50. The highest BCUT2D eigenvalue weighted by molar-refractivity contribution is 5.67. The molecule has 0 aliphatic heterocycles. The summed E-state index contributed by atoms with van der Waals surface area (Å²) in [6.07, 6.45) is 0.630. The lowest BCUT2D eigenvalue weighted by atomic mass is 10.2. The van der Waals surface area contributed by atoms with Crippen molar-refractivity contribution in [3.8, 4) is 0 Å². The number of methoxy groups -OCH3 is 2. The van der Waals surface area contributed by atoms with Crippen LogP contribution in [0.2, 0.25) is 0 Å². The van der Waals surface area contributed by atoms with E-state index in [0.29, 0.717) is 13.2 Å². The summed E-state index contributed by atoms with van der Waals surface area (Å²) < 4.78 is 9.58. The van der Waals surface area contributed by atoms with Gasteiger partial charge < -0.3 is 14.4 Å². The monoisotopic (exact) mass is 189 g/mol. The fourth-order valence-corrected chi connectivity index (χ4v) is 1.02. The molecular weight excluding hydrogens is 170 g/mol. The van der Waals surface area contributed by atoms with E-state index in [4.69, 9.17) is 4.74 Å². The van der Waals surface area contributed by atoms with Crippen molar-refractivity contribution in [2.45, 2.75) is 26.3 Å². The number of carbonyl (C=O) groups excluding carboxylic acids is 1. The molecule has 1 amide bonds. The summed E-state index contributed by atoms with van der Waals surface area (Å²) >= 11 is 0. The highest BCUT2D eigenvalue weighted by Crippen LogP contribution is 2.04. The van der Waals surface area contributed by atoms with E-state index < -0.39 is 0 Å². The van der Waals surface area contributed by atoms with E-state index in [0.717, 1.165) is 6.42 Å². The molecule has 1 atom stereocenters. The summed E-state index contributed by atoms with van der Waals surface area (Å²) in [5.74, 6) is 0. The number of hydrogen-bond donors (Lipinski definition) is 0. The molecule has 1 unspecified atom stereocenters. The second-order valence-corrected chi connectivity index (χ2v) is 2.91. The van der Waals surface area contributed by atoms with Crippen LogP contribution in [0.25, 0.3) is 0 Å². The average molecular weight is 189 g/mol. The Hall–Kier alpha value is -0.770. The van der Waals surface area contributed by atoms with Crippen LogP contribution in [0.15, 0.2) is 0 Å². The predicted molar refractivity (Wildman–Crippen MR) is 50.7 cm³/mol. The van der Waals surface area contributed by atoms with E-state index in [9.17, 15) is 4.79 Å². The summed E-state index contributed by atoms with van der Waals surface area (Å²) in [5.41, 5.74) is 0. The molecule has 4 heteroatoms. The Labute approximate surface area is 79.8 Å². The van der Waals surface area contributed by atoms with E-state index in [1.54, 1.807) is 12.0 Å². The molecule has 0 saturated heterocycles. The van der Waals surface area contributed by atoms with E-state index in [-0.39, 0.29) is 12.1 Å². The predicted octanol–water partition coefficient (Wildman–Crippen LogP) is 1.50. The van der Waals surface area contributed by atoms with Gasteiger partial charge >= 0.3 is 6.09 Å². The van der Waals surface area contributed by atoms with Crippen molar-refractivity contribution in [1.29, 1.82) is 0 Å². The molecule has 0 spiro atoms. The van der Waals surface area contributed by atoms with Gasteiger partial charge in [-0.05, 0) is 13.3 Å². The molecule has 13 heavy (non-hydrogen) atoms. The minimum absolute atomic E-state index is 0.197. The maximum absolute atomic E-state index is 11.3. The third-order valence-corrected chi connectivity index (χ3v) is 2.07. The van der Waals surface area contributed by atoms with Crippen LogP contribution < -0.4 is 0 Å². The Balaban J connectivity index is 4.09. The van der Waals surface area contributed by atoms with Crippen molar-refractivity contribution in [2.24, 2.45) is 0 Å². The summed E-state index contributed by atoms with van der Waals surface area (Å²) in [7, 11) is 3.01. The molecule has 0 aliphatic rings. The van der Waals surface area contributed by atoms with Crippen LogP contribution in [0.5, 0.6) is 0 Å². The molecule has 0 fully saturated rings. The third kappa shape index (κ3) is 4.12. The maximum Gasteiger partial charge on any atom is 0.409 e. The van der Waals surface area contributed by atoms with E-state index >= 15 is 0 Å². The number of ether oxygens (including phenoxy) is 2. The number of hydrogen-bond acceptors (Lipinski definition) is 3. The van der Waals surface area contributed by atoms with Crippen LogP contribution in [0.4, 0.5) is 4.79 Å². The van der Waals surface area contributed by atoms with Gasteiger partial charge in [0.1, 0.15) is 0 Å². The van der Waals surface area contributed by atoms with Gasteiger partial charge in [0.15, 0.2) is 0 Å². The lowest BCUT2D eigenvalue weighted by Crippen LogP contribution is -2.40. The van der Waals surface area contributed by atoms with Gasteiger partial charge in [-0.15, -0.1) is 0 Å². The van der Waals surface area contributed by atoms with E-state index in [1.807, 2.05) is 13.8 Å². The molecule has 78 valence electrons. The summed E-state index contributed by atoms with van der Waals surface area (Å²) in [6, 6.07) is 0.197. The van der Waals surface area contributed by atoms with Gasteiger partial charge in [-0.1, -0.05) is 6.92 Å². The van der Waals surface area contributed by atoms with Gasteiger partial charge in [0, 0.05) is 19.7 Å². The number of amides is 1. The van der Waals surface area contributed by atoms with Gasteiger partial charge in [-0.3, -0.25) is 0 Å². The van der Waals surface area contributed by atoms with E-state index in [2.05, 4.69) is 4.74 Å². The Morgan fingerprint density at radius 1 is 1.46 bits per heavy atom. The minimum Gasteiger partial charge on any atom is -0.453 e. The number of carbonyl (C=O) groups is 1. The molecule has 0 rings (SSSR count). The lowest BCUT2D eigenvalue weighted by Gasteiger charge is -2.26. The molecule has 0 radical (unpaired) electrons. The fraction of sp³-hybridized carbons (Fsp3) is 0.889. The second-order valence-electron chi connectivity index (χ2n) is 2.91. The average Bonchev–Trinajstić information content (AvgIpc) is 2.17.